The molecule has 0 amide bonds. The molecule has 2 aliphatic rings. The molecule has 1 fully saturated rings. The molecule has 3 aromatic rings. The van der Waals surface area contributed by atoms with E-state index in [1.165, 1.54) is 0 Å². The molecule has 0 atom stereocenters. The van der Waals surface area contributed by atoms with Crippen LogP contribution in [0.1, 0.15) is 12.8 Å². The van der Waals surface area contributed by atoms with Gasteiger partial charge in [-0.2, -0.15) is 4.98 Å². The van der Waals surface area contributed by atoms with Gasteiger partial charge in [-0.3, -0.25) is 0 Å². The molecule has 178 valence electrons. The molecule has 1 aliphatic heterocycles. The largest absolute Gasteiger partial charge is 0.493 e. The summed E-state index contributed by atoms with van der Waals surface area (Å²) in [5, 5.41) is 6.44. The van der Waals surface area contributed by atoms with Crippen LogP contribution >= 0.6 is 0 Å². The monoisotopic (exact) mass is 464 g/mol. The number of nitrogens with one attached hydrogen (secondary N) is 2. The maximum Gasteiger partial charge on any atom is 0.257 e. The molecule has 10 nitrogen and oxygen atoms in total. The summed E-state index contributed by atoms with van der Waals surface area (Å²) < 4.78 is 22.8. The molecule has 1 aliphatic carbocycles. The Morgan fingerprint density at radius 1 is 0.971 bits per heavy atom. The molecule has 0 saturated heterocycles. The average molecular weight is 465 g/mol. The van der Waals surface area contributed by atoms with Crippen molar-refractivity contribution in [3.05, 3.63) is 42.7 Å². The van der Waals surface area contributed by atoms with E-state index in [-0.39, 0.29) is 6.10 Å². The highest BCUT2D eigenvalue weighted by atomic mass is 16.6. The van der Waals surface area contributed by atoms with Gasteiger partial charge in [0.25, 0.3) is 5.88 Å². The number of pyridine rings is 1. The van der Waals surface area contributed by atoms with Crippen LogP contribution < -0.4 is 29.6 Å². The smallest absolute Gasteiger partial charge is 0.257 e. The average Bonchev–Trinajstić information content (AvgIpc) is 2.81. The lowest BCUT2D eigenvalue weighted by atomic mass is 9.88. The molecule has 2 N–H and O–H groups in total. The number of rotatable bonds is 8. The van der Waals surface area contributed by atoms with Gasteiger partial charge in [-0.15, -0.1) is 0 Å². The maximum atomic E-state index is 6.14. The molecule has 0 radical (unpaired) electrons. The van der Waals surface area contributed by atoms with E-state index in [1.54, 1.807) is 25.6 Å². The van der Waals surface area contributed by atoms with E-state index < -0.39 is 0 Å². The number of nitrogens with zero attached hydrogens (tertiary/aromatic N) is 4. The predicted molar refractivity (Wildman–Crippen MR) is 128 cm³/mol. The highest BCUT2D eigenvalue weighted by Crippen LogP contribution is 2.36. The second-order valence-corrected chi connectivity index (χ2v) is 8.43. The number of ether oxygens (including phenoxy) is 4. The van der Waals surface area contributed by atoms with Gasteiger partial charge in [0, 0.05) is 30.1 Å². The Hall–Kier alpha value is -3.79. The van der Waals surface area contributed by atoms with E-state index in [9.17, 15) is 0 Å². The quantitative estimate of drug-likeness (QED) is 0.514. The van der Waals surface area contributed by atoms with Crippen LogP contribution in [-0.4, -0.2) is 66.4 Å². The molecule has 1 saturated carbocycles. The van der Waals surface area contributed by atoms with E-state index in [1.807, 2.05) is 24.3 Å². The Kier molecular flexibility index (Phi) is 6.22. The zero-order valence-corrected chi connectivity index (χ0v) is 19.4. The number of aromatic nitrogens is 3. The van der Waals surface area contributed by atoms with Crippen LogP contribution in [0.25, 0.3) is 0 Å². The Labute approximate surface area is 198 Å². The van der Waals surface area contributed by atoms with Crippen molar-refractivity contribution in [2.24, 2.45) is 0 Å². The van der Waals surface area contributed by atoms with Crippen molar-refractivity contribution in [3.63, 3.8) is 0 Å². The van der Waals surface area contributed by atoms with Crippen molar-refractivity contribution in [1.29, 1.82) is 0 Å². The minimum atomic E-state index is 0.209. The Balaban J connectivity index is 1.24. The standard InChI is InChI=1S/C24H28N6O4/c1-30(2)17-12-18(13-17)34-19-5-4-15(10-20(19)31-3)28-24-25-7-6-22(29-24)27-16-11-21-23(26-14-16)33-9-8-32-21/h4-7,10-11,14,17-18H,8-9,12-13H2,1-3H3,(H2,25,27,28,29). The molecular weight excluding hydrogens is 436 g/mol. The molecule has 2 aromatic heterocycles. The minimum Gasteiger partial charge on any atom is -0.493 e. The molecule has 5 rings (SSSR count). The third-order valence-electron chi connectivity index (χ3n) is 5.84. The number of hydrogen-bond donors (Lipinski definition) is 2. The number of methoxy groups -OCH3 is 1. The fourth-order valence-electron chi connectivity index (χ4n) is 3.85. The minimum absolute atomic E-state index is 0.209. The van der Waals surface area contributed by atoms with E-state index >= 15 is 0 Å². The second kappa shape index (κ2) is 9.60. The van der Waals surface area contributed by atoms with Gasteiger partial charge in [-0.05, 0) is 45.1 Å². The summed E-state index contributed by atoms with van der Waals surface area (Å²) in [5.41, 5.74) is 1.53. The zero-order valence-electron chi connectivity index (χ0n) is 19.4. The summed E-state index contributed by atoms with van der Waals surface area (Å²) in [7, 11) is 5.83. The molecule has 1 aromatic carbocycles. The van der Waals surface area contributed by atoms with Crippen molar-refractivity contribution in [2.45, 2.75) is 25.0 Å². The first-order valence-corrected chi connectivity index (χ1v) is 11.2. The van der Waals surface area contributed by atoms with Gasteiger partial charge < -0.3 is 34.5 Å². The highest BCUT2D eigenvalue weighted by Gasteiger charge is 2.32. The van der Waals surface area contributed by atoms with Gasteiger partial charge in [0.1, 0.15) is 25.1 Å². The first-order valence-electron chi connectivity index (χ1n) is 11.2. The maximum absolute atomic E-state index is 6.14. The predicted octanol–water partition coefficient (Wildman–Crippen LogP) is 3.61. The lowest BCUT2D eigenvalue weighted by molar-refractivity contribution is 0.0383. The van der Waals surface area contributed by atoms with E-state index in [2.05, 4.69) is 44.6 Å². The van der Waals surface area contributed by atoms with Crippen LogP contribution in [-0.2, 0) is 0 Å². The summed E-state index contributed by atoms with van der Waals surface area (Å²) in [6, 6.07) is 9.91. The van der Waals surface area contributed by atoms with Gasteiger partial charge in [0.05, 0.1) is 19.0 Å². The lowest BCUT2D eigenvalue weighted by Crippen LogP contribution is -2.46. The molecule has 0 unspecified atom stereocenters. The van der Waals surface area contributed by atoms with Gasteiger partial charge in [-0.1, -0.05) is 0 Å². The summed E-state index contributed by atoms with van der Waals surface area (Å²) >= 11 is 0. The van der Waals surface area contributed by atoms with Gasteiger partial charge >= 0.3 is 0 Å². The summed E-state index contributed by atoms with van der Waals surface area (Å²) in [5.74, 6) is 3.56. The first kappa shape index (κ1) is 22.0. The van der Waals surface area contributed by atoms with Crippen LogP contribution in [0.3, 0.4) is 0 Å². The third-order valence-corrected chi connectivity index (χ3v) is 5.84. The zero-order chi connectivity index (χ0) is 23.5. The molecule has 0 bridgehead atoms. The van der Waals surface area contributed by atoms with Crippen molar-refractivity contribution in [1.82, 2.24) is 19.9 Å². The van der Waals surface area contributed by atoms with Gasteiger partial charge in [0.15, 0.2) is 17.2 Å². The number of hydrogen-bond acceptors (Lipinski definition) is 10. The molecule has 10 heteroatoms. The molecule has 34 heavy (non-hydrogen) atoms. The molecular formula is C24H28N6O4. The van der Waals surface area contributed by atoms with Crippen LogP contribution in [0.15, 0.2) is 42.7 Å². The van der Waals surface area contributed by atoms with Crippen LogP contribution in [0, 0.1) is 0 Å². The van der Waals surface area contributed by atoms with Crippen molar-refractivity contribution < 1.29 is 18.9 Å². The van der Waals surface area contributed by atoms with E-state index in [0.717, 1.165) is 30.0 Å². The van der Waals surface area contributed by atoms with Crippen LogP contribution in [0.5, 0.6) is 23.1 Å². The number of anilines is 4. The third kappa shape index (κ3) is 4.91. The van der Waals surface area contributed by atoms with Crippen LogP contribution in [0.2, 0.25) is 0 Å². The van der Waals surface area contributed by atoms with Gasteiger partial charge in [0.2, 0.25) is 5.95 Å². The lowest BCUT2D eigenvalue weighted by Gasteiger charge is -2.39. The first-order chi connectivity index (χ1) is 16.6. The topological polar surface area (TPSA) is 103 Å². The highest BCUT2D eigenvalue weighted by molar-refractivity contribution is 5.63. The van der Waals surface area contributed by atoms with E-state index in [0.29, 0.717) is 48.4 Å². The van der Waals surface area contributed by atoms with E-state index in [4.69, 9.17) is 18.9 Å². The molecule has 3 heterocycles. The van der Waals surface area contributed by atoms with Crippen molar-refractivity contribution in [2.75, 3.05) is 45.1 Å². The van der Waals surface area contributed by atoms with Gasteiger partial charge in [-0.25, -0.2) is 9.97 Å². The second-order valence-electron chi connectivity index (χ2n) is 8.43. The summed E-state index contributed by atoms with van der Waals surface area (Å²) in [6.07, 6.45) is 5.59. The summed E-state index contributed by atoms with van der Waals surface area (Å²) in [4.78, 5) is 15.4. The Morgan fingerprint density at radius 3 is 2.65 bits per heavy atom. The van der Waals surface area contributed by atoms with Crippen molar-refractivity contribution in [3.8, 4) is 23.1 Å². The SMILES string of the molecule is COc1cc(Nc2nccc(Nc3cnc4c(c3)OCCO4)n2)ccc1OC1CC(N(C)C)C1. The molecule has 0 spiro atoms. The normalized spacial score (nSPS) is 18.7. The van der Waals surface area contributed by atoms with Crippen LogP contribution in [0.4, 0.5) is 23.1 Å². The van der Waals surface area contributed by atoms with Crippen molar-refractivity contribution >= 4 is 23.1 Å². The number of fused-ring (bicyclic) bond motifs is 1. The fraction of sp³-hybridized carbons (Fsp3) is 0.375. The number of benzene rings is 1. The Morgan fingerprint density at radius 2 is 1.82 bits per heavy atom. The summed E-state index contributed by atoms with van der Waals surface area (Å²) in [6.45, 7) is 1.01. The Bertz CT molecular complexity index is 1150. The fourth-order valence-corrected chi connectivity index (χ4v) is 3.85.